The highest BCUT2D eigenvalue weighted by Gasteiger charge is 2.56. The molecule has 0 bridgehead atoms. The summed E-state index contributed by atoms with van der Waals surface area (Å²) in [5.74, 6) is -1.73. The number of nitrogens with one attached hydrogen (secondary N) is 3. The number of aromatic nitrogens is 1. The number of halogens is 3. The number of hydrogen-bond donors (Lipinski definition) is 3. The number of carbonyl (C=O) groups is 3. The number of likely N-dealkylation sites (tertiary alicyclic amines) is 1. The number of nitrogens with zero attached hydrogens (tertiary/aromatic N) is 2. The van der Waals surface area contributed by atoms with Gasteiger partial charge in [-0.2, -0.15) is 0 Å². The van der Waals surface area contributed by atoms with E-state index in [-0.39, 0.29) is 47.0 Å². The fourth-order valence-corrected chi connectivity index (χ4v) is 5.85. The summed E-state index contributed by atoms with van der Waals surface area (Å²) in [6, 6.07) is 13.1. The SMILES string of the molecule is CNC(=O)CN1CCC(Oc2cc3nccc(Oc4ccc(NC(=O)C5(C(=O)Nc6cccc(Cl)c6F)CC5)cc4F)c3cc2OC)CC1. The van der Waals surface area contributed by atoms with Crippen molar-refractivity contribution in [1.29, 1.82) is 0 Å². The highest BCUT2D eigenvalue weighted by molar-refractivity contribution is 6.31. The molecule has 256 valence electrons. The normalized spacial score (nSPS) is 15.7. The van der Waals surface area contributed by atoms with Crippen molar-refractivity contribution in [3.8, 4) is 23.0 Å². The van der Waals surface area contributed by atoms with Gasteiger partial charge in [-0.05, 0) is 62.1 Å². The minimum absolute atomic E-state index is 0.0271. The summed E-state index contributed by atoms with van der Waals surface area (Å²) in [6.07, 6.45) is 3.44. The van der Waals surface area contributed by atoms with Gasteiger partial charge < -0.3 is 30.2 Å². The molecule has 1 aliphatic carbocycles. The maximum atomic E-state index is 15.3. The fourth-order valence-electron chi connectivity index (χ4n) is 5.67. The molecule has 3 N–H and O–H groups in total. The van der Waals surface area contributed by atoms with E-state index in [1.54, 1.807) is 25.2 Å². The molecule has 2 fully saturated rings. The van der Waals surface area contributed by atoms with E-state index in [1.165, 1.54) is 43.6 Å². The van der Waals surface area contributed by atoms with E-state index in [2.05, 4.69) is 25.8 Å². The summed E-state index contributed by atoms with van der Waals surface area (Å²) in [5, 5.41) is 8.06. The number of piperidine rings is 1. The van der Waals surface area contributed by atoms with Crippen molar-refractivity contribution in [2.45, 2.75) is 31.8 Å². The maximum absolute atomic E-state index is 15.3. The molecule has 14 heteroatoms. The summed E-state index contributed by atoms with van der Waals surface area (Å²) >= 11 is 5.80. The summed E-state index contributed by atoms with van der Waals surface area (Å²) < 4.78 is 47.5. The molecule has 4 aromatic rings. The Morgan fingerprint density at radius 3 is 2.41 bits per heavy atom. The smallest absolute Gasteiger partial charge is 0.240 e. The van der Waals surface area contributed by atoms with Crippen LogP contribution in [-0.2, 0) is 14.4 Å². The van der Waals surface area contributed by atoms with Crippen LogP contribution in [0.1, 0.15) is 25.7 Å². The quantitative estimate of drug-likeness (QED) is 0.165. The van der Waals surface area contributed by atoms with Gasteiger partial charge in [0.2, 0.25) is 17.7 Å². The molecule has 1 aliphatic heterocycles. The lowest BCUT2D eigenvalue weighted by molar-refractivity contribution is -0.131. The molecule has 3 aromatic carbocycles. The van der Waals surface area contributed by atoms with Crippen molar-refractivity contribution in [2.75, 3.05) is 44.4 Å². The Morgan fingerprint density at radius 2 is 1.71 bits per heavy atom. The monoisotopic (exact) mass is 693 g/mol. The minimum Gasteiger partial charge on any atom is -0.493 e. The van der Waals surface area contributed by atoms with Gasteiger partial charge in [0.05, 0.1) is 29.9 Å². The van der Waals surface area contributed by atoms with Crippen LogP contribution >= 0.6 is 11.6 Å². The van der Waals surface area contributed by atoms with E-state index in [9.17, 15) is 18.8 Å². The second-order valence-electron chi connectivity index (χ2n) is 11.9. The number of benzene rings is 3. The second kappa shape index (κ2) is 14.2. The van der Waals surface area contributed by atoms with Gasteiger partial charge >= 0.3 is 0 Å². The predicted octanol–water partition coefficient (Wildman–Crippen LogP) is 5.91. The van der Waals surface area contributed by atoms with Gasteiger partial charge in [-0.25, -0.2) is 8.78 Å². The van der Waals surface area contributed by atoms with Gasteiger partial charge in [0, 0.05) is 49.5 Å². The molecule has 11 nitrogen and oxygen atoms in total. The van der Waals surface area contributed by atoms with Crippen LogP contribution < -0.4 is 30.2 Å². The first-order valence-corrected chi connectivity index (χ1v) is 16.1. The van der Waals surface area contributed by atoms with Crippen LogP contribution in [0.3, 0.4) is 0 Å². The number of amides is 3. The summed E-state index contributed by atoms with van der Waals surface area (Å²) in [6.45, 7) is 1.79. The third-order valence-electron chi connectivity index (χ3n) is 8.69. The zero-order chi connectivity index (χ0) is 34.7. The van der Waals surface area contributed by atoms with E-state index in [1.807, 2.05) is 0 Å². The Hall–Kier alpha value is -5.01. The van der Waals surface area contributed by atoms with Crippen LogP contribution in [0.15, 0.2) is 60.8 Å². The van der Waals surface area contributed by atoms with Crippen molar-refractivity contribution < 1.29 is 37.4 Å². The number of likely N-dealkylation sites (N-methyl/N-ethyl adjacent to an activating group) is 1. The molecular formula is C35H34ClF2N5O6. The molecule has 0 unspecified atom stereocenters. The van der Waals surface area contributed by atoms with Gasteiger partial charge in [0.25, 0.3) is 0 Å². The number of methoxy groups -OCH3 is 1. The van der Waals surface area contributed by atoms with Crippen molar-refractivity contribution in [3.05, 3.63) is 77.5 Å². The van der Waals surface area contributed by atoms with Gasteiger partial charge in [-0.3, -0.25) is 24.3 Å². The van der Waals surface area contributed by atoms with Gasteiger partial charge in [-0.15, -0.1) is 0 Å². The van der Waals surface area contributed by atoms with Crippen LogP contribution in [0.5, 0.6) is 23.0 Å². The lowest BCUT2D eigenvalue weighted by Crippen LogP contribution is -2.43. The number of hydrogen-bond acceptors (Lipinski definition) is 8. The average molecular weight is 694 g/mol. The Bertz CT molecular complexity index is 1920. The molecule has 0 atom stereocenters. The van der Waals surface area contributed by atoms with E-state index < -0.39 is 28.9 Å². The molecule has 0 radical (unpaired) electrons. The van der Waals surface area contributed by atoms with E-state index in [0.29, 0.717) is 34.7 Å². The molecule has 6 rings (SSSR count). The molecular weight excluding hydrogens is 660 g/mol. The first-order chi connectivity index (χ1) is 23.6. The largest absolute Gasteiger partial charge is 0.493 e. The van der Waals surface area contributed by atoms with Gasteiger partial charge in [0.1, 0.15) is 17.3 Å². The Kier molecular flexibility index (Phi) is 9.84. The average Bonchev–Trinajstić information content (AvgIpc) is 3.91. The van der Waals surface area contributed by atoms with Crippen LogP contribution in [0.4, 0.5) is 20.2 Å². The van der Waals surface area contributed by atoms with Gasteiger partial charge in [-0.1, -0.05) is 17.7 Å². The Labute approximate surface area is 285 Å². The van der Waals surface area contributed by atoms with Crippen molar-refractivity contribution in [2.24, 2.45) is 5.41 Å². The fraction of sp³-hybridized carbons (Fsp3) is 0.314. The van der Waals surface area contributed by atoms with E-state index in [4.69, 9.17) is 25.8 Å². The summed E-state index contributed by atoms with van der Waals surface area (Å²) in [7, 11) is 3.14. The standard InChI is InChI=1S/C35H34ClF2N5O6/c1-39-31(44)19-43-14-9-21(10-15-43)48-30-18-26-22(17-29(30)47-2)27(8-13-40-26)49-28-7-6-20(16-24(28)37)41-33(45)35(11-12-35)34(46)42-25-5-3-4-23(36)32(25)38/h3-8,13,16-18,21H,9-12,14-15,19H2,1-2H3,(H,39,44)(H,41,45)(H,42,46). The summed E-state index contributed by atoms with van der Waals surface area (Å²) in [4.78, 5) is 44.3. The topological polar surface area (TPSA) is 131 Å². The highest BCUT2D eigenvalue weighted by atomic mass is 35.5. The zero-order valence-corrected chi connectivity index (χ0v) is 27.5. The van der Waals surface area contributed by atoms with Crippen molar-refractivity contribution in [3.63, 3.8) is 0 Å². The minimum atomic E-state index is -1.41. The zero-order valence-electron chi connectivity index (χ0n) is 26.8. The third kappa shape index (κ3) is 7.37. The predicted molar refractivity (Wildman–Crippen MR) is 179 cm³/mol. The number of ether oxygens (including phenoxy) is 3. The molecule has 1 saturated carbocycles. The molecule has 3 amide bonds. The summed E-state index contributed by atoms with van der Waals surface area (Å²) in [5.41, 5.74) is -0.890. The molecule has 0 spiro atoms. The number of rotatable bonds is 11. The third-order valence-corrected chi connectivity index (χ3v) is 8.98. The maximum Gasteiger partial charge on any atom is 0.240 e. The second-order valence-corrected chi connectivity index (χ2v) is 12.3. The first kappa shape index (κ1) is 33.9. The molecule has 2 heterocycles. The van der Waals surface area contributed by atoms with Gasteiger partial charge in [0.15, 0.2) is 28.9 Å². The van der Waals surface area contributed by atoms with Crippen LogP contribution in [0, 0.1) is 17.0 Å². The first-order valence-electron chi connectivity index (χ1n) is 15.7. The number of fused-ring (bicyclic) bond motifs is 1. The number of pyridine rings is 1. The molecule has 2 aliphatic rings. The number of anilines is 2. The lowest BCUT2D eigenvalue weighted by atomic mass is 10.0. The lowest BCUT2D eigenvalue weighted by Gasteiger charge is -2.31. The van der Waals surface area contributed by atoms with Crippen LogP contribution in [0.25, 0.3) is 10.9 Å². The van der Waals surface area contributed by atoms with E-state index in [0.717, 1.165) is 32.0 Å². The Balaban J connectivity index is 1.12. The van der Waals surface area contributed by atoms with Crippen LogP contribution in [-0.4, -0.2) is 67.5 Å². The van der Waals surface area contributed by atoms with Crippen LogP contribution in [0.2, 0.25) is 5.02 Å². The number of carbonyl (C=O) groups excluding carboxylic acids is 3. The van der Waals surface area contributed by atoms with Crippen molar-refractivity contribution in [1.82, 2.24) is 15.2 Å². The van der Waals surface area contributed by atoms with E-state index >= 15 is 4.39 Å². The molecule has 49 heavy (non-hydrogen) atoms. The van der Waals surface area contributed by atoms with Crippen molar-refractivity contribution >= 4 is 51.6 Å². The molecule has 1 aromatic heterocycles. The highest BCUT2D eigenvalue weighted by Crippen LogP contribution is 2.48. The Morgan fingerprint density at radius 1 is 0.959 bits per heavy atom. The molecule has 1 saturated heterocycles.